The molecule has 57 heteroatoms. The van der Waals surface area contributed by atoms with Crippen LogP contribution >= 0.6 is 0 Å². The third-order valence-electron chi connectivity index (χ3n) is 22.6. The highest BCUT2D eigenvalue weighted by atomic mass is 32.3. The first-order valence-corrected chi connectivity index (χ1v) is 40.9. The van der Waals surface area contributed by atoms with E-state index in [0.29, 0.717) is 0 Å². The van der Waals surface area contributed by atoms with Crippen LogP contribution < -0.4 is 21.3 Å². The lowest BCUT2D eigenvalue weighted by atomic mass is 9.93. The molecule has 0 unspecified atom stereocenters. The van der Waals surface area contributed by atoms with Crippen LogP contribution in [-0.2, 0) is 124 Å². The molecule has 50 atom stereocenters. The van der Waals surface area contributed by atoms with Crippen LogP contribution in [-0.4, -0.2) is 524 Å². The fourth-order valence-corrected chi connectivity index (χ4v) is 16.2. The lowest BCUT2D eigenvalue weighted by Crippen LogP contribution is -2.71. The first-order valence-electron chi connectivity index (χ1n) is 39.5. The highest BCUT2D eigenvalue weighted by Crippen LogP contribution is 2.41. The van der Waals surface area contributed by atoms with E-state index in [9.17, 15) is 160 Å². The van der Waals surface area contributed by atoms with Crippen LogP contribution in [0.3, 0.4) is 0 Å². The summed E-state index contributed by atoms with van der Waals surface area (Å²) in [5.41, 5.74) is 0. The van der Waals surface area contributed by atoms with Crippen molar-refractivity contribution in [2.75, 3.05) is 52.9 Å². The third kappa shape index (κ3) is 23.6. The topological polar surface area (TPSA) is 861 Å². The van der Waals surface area contributed by atoms with Crippen molar-refractivity contribution in [1.82, 2.24) is 21.3 Å². The van der Waals surface area contributed by atoms with Gasteiger partial charge in [0.15, 0.2) is 62.9 Å². The molecular formula is C68H114N4O52S. The maximum absolute atomic E-state index is 13.6. The Bertz CT molecular complexity index is 3550. The number of hydrogen-bond acceptors (Lipinski definition) is 51. The Labute approximate surface area is 708 Å². The summed E-state index contributed by atoms with van der Waals surface area (Å²) in [7, 11) is -5.64. The molecule has 0 bridgehead atoms. The van der Waals surface area contributed by atoms with Crippen LogP contribution in [0.15, 0.2) is 0 Å². The molecule has 0 aliphatic carbocycles. The van der Waals surface area contributed by atoms with Crippen molar-refractivity contribution in [3.05, 3.63) is 0 Å². The van der Waals surface area contributed by atoms with Gasteiger partial charge in [-0.1, -0.05) is 0 Å². The Balaban J connectivity index is 1.04. The zero-order valence-electron chi connectivity index (χ0n) is 67.2. The fraction of sp³-hybridized carbons (Fsp3) is 0.941. The summed E-state index contributed by atoms with van der Waals surface area (Å²) in [4.78, 5) is 51.9. The number of rotatable bonds is 32. The van der Waals surface area contributed by atoms with Gasteiger partial charge in [0.2, 0.25) is 23.6 Å². The second kappa shape index (κ2) is 44.2. The molecule has 30 N–H and O–H groups in total. The fourth-order valence-electron chi connectivity index (χ4n) is 15.9. The molecule has 10 fully saturated rings. The molecule has 0 aromatic heterocycles. The van der Waals surface area contributed by atoms with E-state index in [-0.39, 0.29) is 0 Å². The zero-order valence-corrected chi connectivity index (χ0v) is 68.0. The SMILES string of the molecule is CC(=O)N[C@@H]1[C@@H](O)[C@H](O[C@@H]2O[C@H](CO)[C@@H](O[C@@H]3O[C@H](CO[C@H]4O[C@H](CO)[C@@H](O)[C@H](O)[C@@H]4O[C@@H]4O[C@H](CO)[C@@H](O)[C@H](O)[C@H]4NC(C)=O)[C@@H](O)[C@H](O[C@H]4O[C@H](CO)[C@@H](O)[C@H](O)[C@@H]4O[C@@H]4O[C@H](COS(=O)(=O)O)[C@@H](O[C@@H]5O[C@H](CO)[C@H](O)[C@H](O)[C@H]5O)[C@H](O[C@@H]5O[C@@H](C)[C@@H](O)[C@@H](O)[C@@H]5O)[C@H]4NC(C)=O)[C@@H]3O)[C@H](O)[C@H]2NC(C)=O)[C@@H](CO[C@@H]2O[C@@H](C)[C@@H](O)[C@@H](O)[C@@H]2O)O[C@H]1O. The lowest BCUT2D eigenvalue weighted by Gasteiger charge is -2.52. The highest BCUT2D eigenvalue weighted by Gasteiger charge is 2.62. The van der Waals surface area contributed by atoms with Gasteiger partial charge in [0.05, 0.1) is 65.1 Å². The summed E-state index contributed by atoms with van der Waals surface area (Å²) in [5, 5.41) is 290. The number of nitrogens with one attached hydrogen (secondary N) is 4. The van der Waals surface area contributed by atoms with E-state index >= 15 is 0 Å². The first-order chi connectivity index (χ1) is 58.8. The van der Waals surface area contributed by atoms with Crippen molar-refractivity contribution in [1.29, 1.82) is 0 Å². The van der Waals surface area contributed by atoms with Crippen LogP contribution in [0.5, 0.6) is 0 Å². The third-order valence-corrected chi connectivity index (χ3v) is 23.0. The van der Waals surface area contributed by atoms with Gasteiger partial charge in [-0.15, -0.1) is 0 Å². The summed E-state index contributed by atoms with van der Waals surface area (Å²) in [6.45, 7) is -3.37. The molecule has 56 nitrogen and oxygen atoms in total. The molecule has 10 heterocycles. The summed E-state index contributed by atoms with van der Waals surface area (Å²) in [5.74, 6) is -3.89. The van der Waals surface area contributed by atoms with Gasteiger partial charge in [-0.25, -0.2) is 4.18 Å². The molecule has 0 saturated carbocycles. The summed E-state index contributed by atoms with van der Waals surface area (Å²) >= 11 is 0. The Morgan fingerprint density at radius 2 is 0.584 bits per heavy atom. The average molecular weight is 1850 g/mol. The Kier molecular flexibility index (Phi) is 36.5. The van der Waals surface area contributed by atoms with Crippen LogP contribution in [0.4, 0.5) is 0 Å². The minimum Gasteiger partial charge on any atom is -0.394 e. The molecule has 4 amide bonds. The van der Waals surface area contributed by atoms with Gasteiger partial charge in [0.25, 0.3) is 0 Å². The second-order valence-electron chi connectivity index (χ2n) is 31.5. The van der Waals surface area contributed by atoms with Crippen molar-refractivity contribution < 1.29 is 254 Å². The molecule has 0 spiro atoms. The zero-order chi connectivity index (χ0) is 92.3. The lowest BCUT2D eigenvalue weighted by molar-refractivity contribution is -0.403. The van der Waals surface area contributed by atoms with E-state index in [0.717, 1.165) is 27.7 Å². The van der Waals surface area contributed by atoms with Crippen LogP contribution in [0.1, 0.15) is 41.5 Å². The van der Waals surface area contributed by atoms with Crippen molar-refractivity contribution in [2.45, 2.75) is 348 Å². The van der Waals surface area contributed by atoms with E-state index < -0.39 is 394 Å². The van der Waals surface area contributed by atoms with Crippen LogP contribution in [0.2, 0.25) is 0 Å². The second-order valence-corrected chi connectivity index (χ2v) is 32.6. The molecule has 0 aromatic carbocycles. The number of ether oxygens (including phenoxy) is 19. The van der Waals surface area contributed by atoms with Gasteiger partial charge in [0.1, 0.15) is 232 Å². The van der Waals surface area contributed by atoms with Gasteiger partial charge < -0.3 is 239 Å². The predicted octanol–water partition coefficient (Wildman–Crippen LogP) is -20.3. The molecule has 10 rings (SSSR count). The highest BCUT2D eigenvalue weighted by molar-refractivity contribution is 7.80. The van der Waals surface area contributed by atoms with E-state index in [2.05, 4.69) is 21.3 Å². The molecule has 10 aliphatic rings. The molecule has 0 radical (unpaired) electrons. The Hall–Kier alpha value is -4.01. The number of hydrogen-bond donors (Lipinski definition) is 30. The normalized spacial score (nSPS) is 48.9. The van der Waals surface area contributed by atoms with Gasteiger partial charge in [-0.2, -0.15) is 8.42 Å². The maximum atomic E-state index is 13.6. The van der Waals surface area contributed by atoms with Crippen molar-refractivity contribution >= 4 is 34.0 Å². The molecule has 10 saturated heterocycles. The van der Waals surface area contributed by atoms with Gasteiger partial charge >= 0.3 is 10.4 Å². The number of carbonyl (C=O) groups is 4. The monoisotopic (exact) mass is 1850 g/mol. The van der Waals surface area contributed by atoms with E-state index in [1.54, 1.807) is 0 Å². The molecular weight excluding hydrogens is 1740 g/mol. The minimum atomic E-state index is -5.64. The largest absolute Gasteiger partial charge is 0.397 e. The molecule has 0 aromatic rings. The van der Waals surface area contributed by atoms with Crippen molar-refractivity contribution in [2.24, 2.45) is 0 Å². The summed E-state index contributed by atoms with van der Waals surface area (Å²) in [6.07, 6.45) is -99.0. The van der Waals surface area contributed by atoms with Gasteiger partial charge in [0, 0.05) is 27.7 Å². The molecule has 10 aliphatic heterocycles. The number of amides is 4. The average Bonchev–Trinajstić information content (AvgIpc) is 0.755. The van der Waals surface area contributed by atoms with Crippen LogP contribution in [0, 0.1) is 0 Å². The predicted molar refractivity (Wildman–Crippen MR) is 384 cm³/mol. The molecule has 724 valence electrons. The van der Waals surface area contributed by atoms with E-state index in [4.69, 9.17) is 94.2 Å². The van der Waals surface area contributed by atoms with Crippen molar-refractivity contribution in [3.8, 4) is 0 Å². The van der Waals surface area contributed by atoms with E-state index in [1.807, 2.05) is 0 Å². The van der Waals surface area contributed by atoms with E-state index in [1.165, 1.54) is 13.8 Å². The minimum absolute atomic E-state index is 0.833. The van der Waals surface area contributed by atoms with Gasteiger partial charge in [-0.3, -0.25) is 23.7 Å². The molecule has 125 heavy (non-hydrogen) atoms. The summed E-state index contributed by atoms with van der Waals surface area (Å²) < 4.78 is 154. The Morgan fingerprint density at radius 1 is 0.264 bits per heavy atom. The quantitative estimate of drug-likeness (QED) is 0.0278. The first kappa shape index (κ1) is 103. The number of carbonyl (C=O) groups excluding carboxylic acids is 4. The summed E-state index contributed by atoms with van der Waals surface area (Å²) in [6, 6.07) is -7.87. The van der Waals surface area contributed by atoms with Crippen molar-refractivity contribution in [3.63, 3.8) is 0 Å². The smallest absolute Gasteiger partial charge is 0.394 e. The van der Waals surface area contributed by atoms with Crippen LogP contribution in [0.25, 0.3) is 0 Å². The standard InChI is InChI=1S/C68H114N4O52S/c1-15-33(82)43(92)48(97)63(108-15)105-13-27-53(41(90)29(59(101)110-27)69-17(3)78)118-61-31(71-19(5)80)42(91)52(25(11-77)115-61)119-66-51(100)56(39(88)26(116-66)12-106-67-57(46(95)37(86)23(9-75)113-67)123-60-30(70-18(4)79)40(89)35(84)21(7-73)111-60)122-68-58(47(96)38(87)24(10-76)114-68)124-62-32(72-20(6)81)55(121-64-49(98)44(93)34(83)16(2)109-64)54(28(117-62)14-107-125(102,103)104)120-65-50(99)45(94)36(85)22(8-74)112-65/h15-16,21-68,73-77,82-101H,7-14H2,1-6H3,(H,69,78)(H,70,79)(H,71,80)(H,72,81)(H,102,103,104)/t15-,16-,21+,22+,23+,24+,25+,26+,27+,28+,29+,30+,31+,32+,33+,34+,35+,36-,37+,38+,39+,40+,41+,42+,43+,44+,45-,46-,47-,48-,49-,50+,51-,52+,53+,54+,55+,56-,57-,58-,59+,60-,61-,62-,63+,64-,65-,66-,67-,68+/m0/s1. The Morgan fingerprint density at radius 3 is 1.10 bits per heavy atom. The maximum Gasteiger partial charge on any atom is 0.397 e. The van der Waals surface area contributed by atoms with Gasteiger partial charge in [-0.05, 0) is 13.8 Å². The number of aliphatic hydroxyl groups excluding tert-OH is 25. The number of aliphatic hydroxyl groups is 25.